The van der Waals surface area contributed by atoms with Crippen molar-refractivity contribution >= 4 is 5.82 Å². The summed E-state index contributed by atoms with van der Waals surface area (Å²) in [5.74, 6) is 2.47. The maximum Gasteiger partial charge on any atom is 0.227 e. The SMILES string of the molecule is Cc1ccc(Oc2nc(C(C)(C)C)nc(N)c2C)c(C)c1. The fourth-order valence-corrected chi connectivity index (χ4v) is 1.97. The summed E-state index contributed by atoms with van der Waals surface area (Å²) in [4.78, 5) is 8.92. The third-order valence-electron chi connectivity index (χ3n) is 3.35. The Morgan fingerprint density at radius 2 is 1.71 bits per heavy atom. The first-order valence-corrected chi connectivity index (χ1v) is 7.08. The first kappa shape index (κ1) is 15.3. The second-order valence-electron chi connectivity index (χ2n) is 6.48. The van der Waals surface area contributed by atoms with Crippen molar-refractivity contribution in [3.05, 3.63) is 40.7 Å². The van der Waals surface area contributed by atoms with Gasteiger partial charge in [-0.05, 0) is 32.4 Å². The van der Waals surface area contributed by atoms with E-state index in [-0.39, 0.29) is 5.41 Å². The summed E-state index contributed by atoms with van der Waals surface area (Å²) in [6.07, 6.45) is 0. The molecule has 4 nitrogen and oxygen atoms in total. The van der Waals surface area contributed by atoms with E-state index in [2.05, 4.69) is 43.7 Å². The molecule has 112 valence electrons. The molecular weight excluding hydrogens is 262 g/mol. The summed E-state index contributed by atoms with van der Waals surface area (Å²) in [6.45, 7) is 12.1. The van der Waals surface area contributed by atoms with Crippen LogP contribution in [0.25, 0.3) is 0 Å². The molecule has 1 aromatic heterocycles. The van der Waals surface area contributed by atoms with Gasteiger partial charge in [0.15, 0.2) is 0 Å². The van der Waals surface area contributed by atoms with E-state index in [4.69, 9.17) is 10.5 Å². The number of nitrogens with zero attached hydrogens (tertiary/aromatic N) is 2. The van der Waals surface area contributed by atoms with Crippen molar-refractivity contribution in [3.63, 3.8) is 0 Å². The maximum atomic E-state index is 6.00. The van der Waals surface area contributed by atoms with Crippen molar-refractivity contribution in [2.75, 3.05) is 5.73 Å². The molecule has 0 aliphatic rings. The zero-order valence-corrected chi connectivity index (χ0v) is 13.6. The van der Waals surface area contributed by atoms with Crippen molar-refractivity contribution in [2.24, 2.45) is 0 Å². The summed E-state index contributed by atoms with van der Waals surface area (Å²) in [6, 6.07) is 6.06. The molecule has 0 saturated heterocycles. The number of nitrogen functional groups attached to an aromatic ring is 1. The van der Waals surface area contributed by atoms with Gasteiger partial charge in [0.25, 0.3) is 0 Å². The van der Waals surface area contributed by atoms with E-state index in [1.807, 2.05) is 26.0 Å². The van der Waals surface area contributed by atoms with Gasteiger partial charge in [-0.15, -0.1) is 0 Å². The fourth-order valence-electron chi connectivity index (χ4n) is 1.97. The lowest BCUT2D eigenvalue weighted by Crippen LogP contribution is -2.18. The number of nitrogens with two attached hydrogens (primary N) is 1. The smallest absolute Gasteiger partial charge is 0.227 e. The first-order chi connectivity index (χ1) is 9.68. The highest BCUT2D eigenvalue weighted by Gasteiger charge is 2.21. The van der Waals surface area contributed by atoms with Crippen LogP contribution in [0.4, 0.5) is 5.82 Å². The lowest BCUT2D eigenvalue weighted by molar-refractivity contribution is 0.440. The van der Waals surface area contributed by atoms with Crippen LogP contribution in [0.3, 0.4) is 0 Å². The Hall–Kier alpha value is -2.10. The first-order valence-electron chi connectivity index (χ1n) is 7.08. The quantitative estimate of drug-likeness (QED) is 0.903. The number of anilines is 1. The van der Waals surface area contributed by atoms with Gasteiger partial charge >= 0.3 is 0 Å². The van der Waals surface area contributed by atoms with Crippen LogP contribution < -0.4 is 10.5 Å². The molecule has 0 bridgehead atoms. The van der Waals surface area contributed by atoms with Gasteiger partial charge in [0.1, 0.15) is 17.4 Å². The van der Waals surface area contributed by atoms with E-state index in [1.54, 1.807) is 0 Å². The van der Waals surface area contributed by atoms with Crippen LogP contribution in [-0.4, -0.2) is 9.97 Å². The van der Waals surface area contributed by atoms with E-state index in [1.165, 1.54) is 5.56 Å². The largest absolute Gasteiger partial charge is 0.438 e. The van der Waals surface area contributed by atoms with E-state index in [0.29, 0.717) is 17.5 Å². The van der Waals surface area contributed by atoms with Crippen LogP contribution in [0.2, 0.25) is 0 Å². The number of ether oxygens (including phenoxy) is 1. The van der Waals surface area contributed by atoms with E-state index in [9.17, 15) is 0 Å². The summed E-state index contributed by atoms with van der Waals surface area (Å²) >= 11 is 0. The molecule has 2 aromatic rings. The van der Waals surface area contributed by atoms with Crippen molar-refractivity contribution < 1.29 is 4.74 Å². The minimum Gasteiger partial charge on any atom is -0.438 e. The van der Waals surface area contributed by atoms with Gasteiger partial charge in [0, 0.05) is 5.41 Å². The molecule has 2 N–H and O–H groups in total. The molecule has 0 saturated carbocycles. The summed E-state index contributed by atoms with van der Waals surface area (Å²) in [5, 5.41) is 0. The average Bonchev–Trinajstić information content (AvgIpc) is 2.36. The predicted octanol–water partition coefficient (Wildman–Crippen LogP) is 4.07. The topological polar surface area (TPSA) is 61.0 Å². The lowest BCUT2D eigenvalue weighted by atomic mass is 9.95. The monoisotopic (exact) mass is 285 g/mol. The summed E-state index contributed by atoms with van der Waals surface area (Å²) in [7, 11) is 0. The normalized spacial score (nSPS) is 11.5. The Kier molecular flexibility index (Phi) is 3.90. The van der Waals surface area contributed by atoms with Gasteiger partial charge in [-0.3, -0.25) is 0 Å². The lowest BCUT2D eigenvalue weighted by Gasteiger charge is -2.19. The highest BCUT2D eigenvalue weighted by molar-refractivity contribution is 5.47. The second-order valence-corrected chi connectivity index (χ2v) is 6.48. The highest BCUT2D eigenvalue weighted by atomic mass is 16.5. The minimum atomic E-state index is -0.178. The molecule has 0 spiro atoms. The summed E-state index contributed by atoms with van der Waals surface area (Å²) < 4.78 is 5.98. The standard InChI is InChI=1S/C17H23N3O/c1-10-7-8-13(11(2)9-10)21-15-12(3)14(18)19-16(20-15)17(4,5)6/h7-9H,1-6H3,(H2,18,19,20). The van der Waals surface area contributed by atoms with Crippen LogP contribution in [0.1, 0.15) is 43.3 Å². The van der Waals surface area contributed by atoms with Crippen LogP contribution in [0.15, 0.2) is 18.2 Å². The van der Waals surface area contributed by atoms with Crippen molar-refractivity contribution in [2.45, 2.75) is 47.0 Å². The summed E-state index contributed by atoms with van der Waals surface area (Å²) in [5.41, 5.74) is 8.87. The number of hydrogen-bond acceptors (Lipinski definition) is 4. The zero-order valence-electron chi connectivity index (χ0n) is 13.6. The van der Waals surface area contributed by atoms with Gasteiger partial charge in [-0.1, -0.05) is 38.5 Å². The zero-order chi connectivity index (χ0) is 15.8. The van der Waals surface area contributed by atoms with Gasteiger partial charge < -0.3 is 10.5 Å². The third-order valence-corrected chi connectivity index (χ3v) is 3.35. The van der Waals surface area contributed by atoms with Gasteiger partial charge in [0.05, 0.1) is 5.56 Å². The molecule has 0 radical (unpaired) electrons. The van der Waals surface area contributed by atoms with Crippen LogP contribution >= 0.6 is 0 Å². The molecule has 0 fully saturated rings. The minimum absolute atomic E-state index is 0.178. The Labute approximate surface area is 126 Å². The van der Waals surface area contributed by atoms with Crippen LogP contribution in [-0.2, 0) is 5.41 Å². The molecule has 0 aliphatic heterocycles. The van der Waals surface area contributed by atoms with Gasteiger partial charge in [-0.2, -0.15) is 4.98 Å². The Morgan fingerprint density at radius 1 is 1.05 bits per heavy atom. The second kappa shape index (κ2) is 5.35. The molecular formula is C17H23N3O. The molecule has 0 amide bonds. The van der Waals surface area contributed by atoms with Crippen LogP contribution in [0.5, 0.6) is 11.6 Å². The van der Waals surface area contributed by atoms with E-state index < -0.39 is 0 Å². The number of rotatable bonds is 2. The van der Waals surface area contributed by atoms with Gasteiger partial charge in [-0.25, -0.2) is 4.98 Å². The van der Waals surface area contributed by atoms with Crippen LogP contribution in [0, 0.1) is 20.8 Å². The predicted molar refractivity (Wildman–Crippen MR) is 85.9 cm³/mol. The molecule has 1 heterocycles. The number of benzene rings is 1. The number of aromatic nitrogens is 2. The van der Waals surface area contributed by atoms with E-state index >= 15 is 0 Å². The van der Waals surface area contributed by atoms with Crippen molar-refractivity contribution in [1.29, 1.82) is 0 Å². The van der Waals surface area contributed by atoms with Crippen molar-refractivity contribution in [3.8, 4) is 11.6 Å². The average molecular weight is 285 g/mol. The maximum absolute atomic E-state index is 6.00. The number of hydrogen-bond donors (Lipinski definition) is 1. The third kappa shape index (κ3) is 3.32. The highest BCUT2D eigenvalue weighted by Crippen LogP contribution is 2.31. The Bertz CT molecular complexity index is 672. The molecule has 1 aromatic carbocycles. The fraction of sp³-hybridized carbons (Fsp3) is 0.412. The Balaban J connectivity index is 2.46. The molecule has 0 unspecified atom stereocenters. The Morgan fingerprint density at radius 3 is 2.29 bits per heavy atom. The van der Waals surface area contributed by atoms with Gasteiger partial charge in [0.2, 0.25) is 5.88 Å². The molecule has 0 aliphatic carbocycles. The van der Waals surface area contributed by atoms with Crippen molar-refractivity contribution in [1.82, 2.24) is 9.97 Å². The molecule has 2 rings (SSSR count). The van der Waals surface area contributed by atoms with E-state index in [0.717, 1.165) is 16.9 Å². The number of aryl methyl sites for hydroxylation is 2. The molecule has 21 heavy (non-hydrogen) atoms. The molecule has 0 atom stereocenters. The molecule has 4 heteroatoms.